The molecule has 4 heteroatoms. The maximum Gasteiger partial charge on any atom is 0.236 e. The molecule has 4 nitrogen and oxygen atoms in total. The summed E-state index contributed by atoms with van der Waals surface area (Å²) in [5.41, 5.74) is 5.64. The summed E-state index contributed by atoms with van der Waals surface area (Å²) in [7, 11) is 0. The number of hydrogen-bond donors (Lipinski definition) is 2. The fourth-order valence-corrected chi connectivity index (χ4v) is 2.01. The van der Waals surface area contributed by atoms with E-state index in [1.807, 2.05) is 6.92 Å². The third kappa shape index (κ3) is 4.94. The van der Waals surface area contributed by atoms with E-state index < -0.39 is 0 Å². The van der Waals surface area contributed by atoms with E-state index in [0.717, 1.165) is 13.1 Å². The van der Waals surface area contributed by atoms with Crippen LogP contribution in [-0.4, -0.2) is 43.0 Å². The van der Waals surface area contributed by atoms with Gasteiger partial charge in [-0.15, -0.1) is 0 Å². The first-order valence-corrected chi connectivity index (χ1v) is 6.49. The molecule has 1 amide bonds. The topological polar surface area (TPSA) is 58.4 Å². The molecule has 0 aromatic carbocycles. The zero-order chi connectivity index (χ0) is 11.8. The van der Waals surface area contributed by atoms with Gasteiger partial charge in [0.1, 0.15) is 0 Å². The highest BCUT2D eigenvalue weighted by Crippen LogP contribution is 2.08. The van der Waals surface area contributed by atoms with E-state index in [1.54, 1.807) is 0 Å². The Kier molecular flexibility index (Phi) is 6.42. The molecule has 0 aromatic heterocycles. The molecule has 1 saturated heterocycles. The summed E-state index contributed by atoms with van der Waals surface area (Å²) in [5, 5.41) is 2.90. The first-order chi connectivity index (χ1) is 7.74. The minimum Gasteiger partial charge on any atom is -0.353 e. The fraction of sp³-hybridized carbons (Fsp3) is 0.917. The lowest BCUT2D eigenvalue weighted by atomic mass is 10.2. The zero-order valence-electron chi connectivity index (χ0n) is 10.4. The highest BCUT2D eigenvalue weighted by Gasteiger charge is 2.11. The monoisotopic (exact) mass is 227 g/mol. The van der Waals surface area contributed by atoms with Gasteiger partial charge in [0.05, 0.1) is 6.04 Å². The van der Waals surface area contributed by atoms with Crippen LogP contribution in [0, 0.1) is 0 Å². The lowest BCUT2D eigenvalue weighted by Gasteiger charge is -2.20. The van der Waals surface area contributed by atoms with Crippen molar-refractivity contribution in [3.8, 4) is 0 Å². The molecule has 0 radical (unpaired) electrons. The van der Waals surface area contributed by atoms with Crippen molar-refractivity contribution in [2.75, 3.05) is 26.2 Å². The Labute approximate surface area is 98.6 Å². The Hall–Kier alpha value is -0.610. The summed E-state index contributed by atoms with van der Waals surface area (Å²) in [6.45, 7) is 5.97. The minimum atomic E-state index is -0.343. The zero-order valence-corrected chi connectivity index (χ0v) is 10.4. The Morgan fingerprint density at radius 1 is 1.31 bits per heavy atom. The van der Waals surface area contributed by atoms with Crippen molar-refractivity contribution in [2.45, 2.75) is 45.1 Å². The summed E-state index contributed by atoms with van der Waals surface area (Å²) in [4.78, 5) is 13.9. The third-order valence-electron chi connectivity index (χ3n) is 3.20. The van der Waals surface area contributed by atoms with Crippen LogP contribution in [0.1, 0.15) is 39.0 Å². The van der Waals surface area contributed by atoms with Gasteiger partial charge in [-0.25, -0.2) is 0 Å². The summed E-state index contributed by atoms with van der Waals surface area (Å²) < 4.78 is 0. The Balaban J connectivity index is 2.11. The van der Waals surface area contributed by atoms with Gasteiger partial charge in [0.25, 0.3) is 0 Å². The maximum absolute atomic E-state index is 11.4. The summed E-state index contributed by atoms with van der Waals surface area (Å²) >= 11 is 0. The van der Waals surface area contributed by atoms with Crippen molar-refractivity contribution in [1.29, 1.82) is 0 Å². The molecule has 94 valence electrons. The van der Waals surface area contributed by atoms with E-state index in [4.69, 9.17) is 5.73 Å². The van der Waals surface area contributed by atoms with Gasteiger partial charge >= 0.3 is 0 Å². The van der Waals surface area contributed by atoms with E-state index in [0.29, 0.717) is 6.42 Å². The van der Waals surface area contributed by atoms with Gasteiger partial charge in [0.2, 0.25) is 5.91 Å². The number of amides is 1. The van der Waals surface area contributed by atoms with Gasteiger partial charge in [-0.1, -0.05) is 19.8 Å². The molecule has 1 atom stereocenters. The van der Waals surface area contributed by atoms with Gasteiger partial charge < -0.3 is 16.0 Å². The molecular formula is C12H25N3O. The normalized spacial score (nSPS) is 20.1. The predicted octanol–water partition coefficient (Wildman–Crippen LogP) is 0.716. The lowest BCUT2D eigenvalue weighted by Crippen LogP contribution is -2.43. The SMILES string of the molecule is CCC(N)C(=O)NCCN1CCCCCC1. The van der Waals surface area contributed by atoms with Crippen LogP contribution in [-0.2, 0) is 4.79 Å². The fourth-order valence-electron chi connectivity index (χ4n) is 2.01. The Morgan fingerprint density at radius 3 is 2.50 bits per heavy atom. The largest absolute Gasteiger partial charge is 0.353 e. The van der Waals surface area contributed by atoms with Crippen LogP contribution in [0.4, 0.5) is 0 Å². The van der Waals surface area contributed by atoms with E-state index in [9.17, 15) is 4.79 Å². The molecule has 1 unspecified atom stereocenters. The second-order valence-electron chi connectivity index (χ2n) is 4.56. The van der Waals surface area contributed by atoms with Crippen LogP contribution in [0.3, 0.4) is 0 Å². The highest BCUT2D eigenvalue weighted by molar-refractivity contribution is 5.81. The van der Waals surface area contributed by atoms with Gasteiger partial charge in [-0.3, -0.25) is 4.79 Å². The molecular weight excluding hydrogens is 202 g/mol. The van der Waals surface area contributed by atoms with Crippen LogP contribution in [0.5, 0.6) is 0 Å². The molecule has 1 aliphatic heterocycles. The van der Waals surface area contributed by atoms with Gasteiger partial charge in [0.15, 0.2) is 0 Å². The predicted molar refractivity (Wildman–Crippen MR) is 66.2 cm³/mol. The van der Waals surface area contributed by atoms with E-state index in [2.05, 4.69) is 10.2 Å². The van der Waals surface area contributed by atoms with Crippen LogP contribution in [0.25, 0.3) is 0 Å². The molecule has 1 rings (SSSR count). The second kappa shape index (κ2) is 7.63. The second-order valence-corrected chi connectivity index (χ2v) is 4.56. The average molecular weight is 227 g/mol. The van der Waals surface area contributed by atoms with Crippen LogP contribution in [0.2, 0.25) is 0 Å². The molecule has 1 heterocycles. The van der Waals surface area contributed by atoms with Crippen LogP contribution >= 0.6 is 0 Å². The smallest absolute Gasteiger partial charge is 0.236 e. The van der Waals surface area contributed by atoms with E-state index in [1.165, 1.54) is 38.8 Å². The molecule has 16 heavy (non-hydrogen) atoms. The van der Waals surface area contributed by atoms with E-state index >= 15 is 0 Å². The van der Waals surface area contributed by atoms with Crippen molar-refractivity contribution in [3.63, 3.8) is 0 Å². The number of rotatable bonds is 5. The van der Waals surface area contributed by atoms with Crippen LogP contribution < -0.4 is 11.1 Å². The number of likely N-dealkylation sites (tertiary alicyclic amines) is 1. The molecule has 0 aromatic rings. The van der Waals surface area contributed by atoms with Crippen LogP contribution in [0.15, 0.2) is 0 Å². The molecule has 0 spiro atoms. The summed E-state index contributed by atoms with van der Waals surface area (Å²) in [6.07, 6.45) is 5.99. The first-order valence-electron chi connectivity index (χ1n) is 6.49. The quantitative estimate of drug-likeness (QED) is 0.727. The molecule has 0 aliphatic carbocycles. The molecule has 0 saturated carbocycles. The van der Waals surface area contributed by atoms with Gasteiger partial charge in [-0.2, -0.15) is 0 Å². The van der Waals surface area contributed by atoms with Crippen molar-refractivity contribution >= 4 is 5.91 Å². The Bertz CT molecular complexity index is 200. The average Bonchev–Trinajstić information content (AvgIpc) is 2.56. The molecule has 1 aliphatic rings. The third-order valence-corrected chi connectivity index (χ3v) is 3.20. The summed E-state index contributed by atoms with van der Waals surface area (Å²) in [6, 6.07) is -0.343. The summed E-state index contributed by atoms with van der Waals surface area (Å²) in [5.74, 6) is -0.0164. The highest BCUT2D eigenvalue weighted by atomic mass is 16.2. The number of hydrogen-bond acceptors (Lipinski definition) is 3. The number of nitrogens with one attached hydrogen (secondary N) is 1. The number of carbonyl (C=O) groups is 1. The van der Waals surface area contributed by atoms with Crippen molar-refractivity contribution in [2.24, 2.45) is 5.73 Å². The number of nitrogens with zero attached hydrogens (tertiary/aromatic N) is 1. The van der Waals surface area contributed by atoms with Gasteiger partial charge in [0, 0.05) is 13.1 Å². The molecule has 0 bridgehead atoms. The first kappa shape index (κ1) is 13.5. The standard InChI is InChI=1S/C12H25N3O/c1-2-11(13)12(16)14-7-10-15-8-5-3-4-6-9-15/h11H,2-10,13H2,1H3,(H,14,16). The van der Waals surface area contributed by atoms with Crippen molar-refractivity contribution in [1.82, 2.24) is 10.2 Å². The van der Waals surface area contributed by atoms with Crippen molar-refractivity contribution in [3.05, 3.63) is 0 Å². The van der Waals surface area contributed by atoms with Crippen molar-refractivity contribution < 1.29 is 4.79 Å². The minimum absolute atomic E-state index is 0.0164. The molecule has 1 fully saturated rings. The Morgan fingerprint density at radius 2 is 1.94 bits per heavy atom. The maximum atomic E-state index is 11.4. The number of nitrogens with two attached hydrogens (primary N) is 1. The number of carbonyl (C=O) groups excluding carboxylic acids is 1. The lowest BCUT2D eigenvalue weighted by molar-refractivity contribution is -0.122. The van der Waals surface area contributed by atoms with E-state index in [-0.39, 0.29) is 11.9 Å². The van der Waals surface area contributed by atoms with Gasteiger partial charge in [-0.05, 0) is 32.4 Å². The molecule has 3 N–H and O–H groups in total.